The molecule has 0 aliphatic rings. The Labute approximate surface area is 128 Å². The quantitative estimate of drug-likeness (QED) is 0.806. The second-order valence-electron chi connectivity index (χ2n) is 4.77. The number of rotatable bonds is 3. The van der Waals surface area contributed by atoms with Gasteiger partial charge in [-0.1, -0.05) is 35.9 Å². The average molecular weight is 299 g/mol. The lowest BCUT2D eigenvalue weighted by atomic mass is 10.1. The molecule has 0 radical (unpaired) electrons. The van der Waals surface area contributed by atoms with Gasteiger partial charge in [0.05, 0.1) is 6.54 Å². The van der Waals surface area contributed by atoms with Gasteiger partial charge in [0.15, 0.2) is 11.6 Å². The number of nitrogens with zero attached hydrogens (tertiary/aromatic N) is 3. The molecule has 0 aliphatic heterocycles. The molecule has 4 nitrogen and oxygen atoms in total. The monoisotopic (exact) mass is 298 g/mol. The van der Waals surface area contributed by atoms with Crippen LogP contribution in [0.2, 0.25) is 5.02 Å². The molecule has 106 valence electrons. The summed E-state index contributed by atoms with van der Waals surface area (Å²) in [5.74, 6) is 1.47. The van der Waals surface area contributed by atoms with Gasteiger partial charge in [-0.05, 0) is 36.8 Å². The summed E-state index contributed by atoms with van der Waals surface area (Å²) >= 11 is 6.12. The number of hydrogen-bond donors (Lipinski definition) is 1. The molecule has 0 spiro atoms. The van der Waals surface area contributed by atoms with E-state index in [0.29, 0.717) is 11.6 Å². The molecule has 2 aromatic carbocycles. The van der Waals surface area contributed by atoms with Crippen LogP contribution in [-0.4, -0.2) is 14.8 Å². The van der Waals surface area contributed by atoms with Crippen LogP contribution >= 0.6 is 11.6 Å². The molecule has 1 heterocycles. The van der Waals surface area contributed by atoms with Crippen molar-refractivity contribution < 1.29 is 0 Å². The molecule has 0 unspecified atom stereocenters. The van der Waals surface area contributed by atoms with E-state index in [1.807, 2.05) is 60.0 Å². The van der Waals surface area contributed by atoms with E-state index in [-0.39, 0.29) is 0 Å². The molecule has 3 aromatic rings. The van der Waals surface area contributed by atoms with Crippen molar-refractivity contribution in [3.05, 3.63) is 64.9 Å². The van der Waals surface area contributed by atoms with E-state index in [1.165, 1.54) is 0 Å². The summed E-state index contributed by atoms with van der Waals surface area (Å²) in [5.41, 5.74) is 8.83. The van der Waals surface area contributed by atoms with Gasteiger partial charge >= 0.3 is 0 Å². The number of nitrogens with two attached hydrogens (primary N) is 1. The number of para-hydroxylation sites is 1. The Morgan fingerprint density at radius 2 is 1.86 bits per heavy atom. The van der Waals surface area contributed by atoms with Gasteiger partial charge in [0.2, 0.25) is 0 Å². The van der Waals surface area contributed by atoms with Crippen LogP contribution in [0.1, 0.15) is 11.4 Å². The standard InChI is InChI=1S/C16H15ClN4/c1-11-7-8-12(17)9-14(11)16-20-19-15(10-18)21(16)13-5-3-2-4-6-13/h2-9H,10,18H2,1H3. The maximum absolute atomic E-state index is 6.12. The average Bonchev–Trinajstić information content (AvgIpc) is 2.94. The third-order valence-corrected chi connectivity index (χ3v) is 3.60. The normalized spacial score (nSPS) is 10.8. The SMILES string of the molecule is Cc1ccc(Cl)cc1-c1nnc(CN)n1-c1ccccc1. The Kier molecular flexibility index (Phi) is 3.73. The van der Waals surface area contributed by atoms with Gasteiger partial charge < -0.3 is 5.73 Å². The summed E-state index contributed by atoms with van der Waals surface area (Å²) in [7, 11) is 0. The Morgan fingerprint density at radius 1 is 1.10 bits per heavy atom. The fourth-order valence-corrected chi connectivity index (χ4v) is 2.48. The molecular formula is C16H15ClN4. The molecule has 21 heavy (non-hydrogen) atoms. The lowest BCUT2D eigenvalue weighted by molar-refractivity contribution is 0.861. The molecular weight excluding hydrogens is 284 g/mol. The highest BCUT2D eigenvalue weighted by Crippen LogP contribution is 2.28. The summed E-state index contributed by atoms with van der Waals surface area (Å²) in [6, 6.07) is 15.7. The number of halogens is 1. The van der Waals surface area contributed by atoms with Crippen LogP contribution in [0.25, 0.3) is 17.1 Å². The molecule has 0 atom stereocenters. The van der Waals surface area contributed by atoms with E-state index in [1.54, 1.807) is 0 Å². The predicted molar refractivity (Wildman–Crippen MR) is 84.4 cm³/mol. The number of hydrogen-bond acceptors (Lipinski definition) is 3. The summed E-state index contributed by atoms with van der Waals surface area (Å²) in [5, 5.41) is 9.19. The highest BCUT2D eigenvalue weighted by atomic mass is 35.5. The van der Waals surface area contributed by atoms with Gasteiger partial charge in [0, 0.05) is 16.3 Å². The second kappa shape index (κ2) is 5.68. The number of benzene rings is 2. The molecule has 0 fully saturated rings. The van der Waals surface area contributed by atoms with E-state index in [9.17, 15) is 0 Å². The van der Waals surface area contributed by atoms with Crippen molar-refractivity contribution in [1.29, 1.82) is 0 Å². The van der Waals surface area contributed by atoms with E-state index in [2.05, 4.69) is 10.2 Å². The smallest absolute Gasteiger partial charge is 0.168 e. The highest BCUT2D eigenvalue weighted by molar-refractivity contribution is 6.30. The van der Waals surface area contributed by atoms with Crippen molar-refractivity contribution in [2.75, 3.05) is 0 Å². The Bertz CT molecular complexity index is 765. The molecule has 2 N–H and O–H groups in total. The zero-order chi connectivity index (χ0) is 14.8. The first-order chi connectivity index (χ1) is 10.2. The van der Waals surface area contributed by atoms with Crippen LogP contribution in [0.4, 0.5) is 0 Å². The van der Waals surface area contributed by atoms with Gasteiger partial charge in [-0.25, -0.2) is 0 Å². The molecule has 0 saturated heterocycles. The van der Waals surface area contributed by atoms with Gasteiger partial charge in [0.25, 0.3) is 0 Å². The zero-order valence-electron chi connectivity index (χ0n) is 11.6. The lowest BCUT2D eigenvalue weighted by Gasteiger charge is -2.11. The third kappa shape index (κ3) is 2.55. The van der Waals surface area contributed by atoms with E-state index in [4.69, 9.17) is 17.3 Å². The van der Waals surface area contributed by atoms with Crippen LogP contribution in [0, 0.1) is 6.92 Å². The lowest BCUT2D eigenvalue weighted by Crippen LogP contribution is -2.08. The fraction of sp³-hybridized carbons (Fsp3) is 0.125. The molecule has 0 bridgehead atoms. The topological polar surface area (TPSA) is 56.7 Å². The fourth-order valence-electron chi connectivity index (χ4n) is 2.31. The van der Waals surface area contributed by atoms with Crippen molar-refractivity contribution in [2.45, 2.75) is 13.5 Å². The van der Waals surface area contributed by atoms with Crippen molar-refractivity contribution in [1.82, 2.24) is 14.8 Å². The van der Waals surface area contributed by atoms with Crippen molar-refractivity contribution in [3.8, 4) is 17.1 Å². The maximum Gasteiger partial charge on any atom is 0.168 e. The molecule has 5 heteroatoms. The zero-order valence-corrected chi connectivity index (χ0v) is 12.4. The summed E-state index contributed by atoms with van der Waals surface area (Å²) in [6.07, 6.45) is 0. The van der Waals surface area contributed by atoms with Gasteiger partial charge in [-0.3, -0.25) is 4.57 Å². The van der Waals surface area contributed by atoms with Crippen molar-refractivity contribution >= 4 is 11.6 Å². The highest BCUT2D eigenvalue weighted by Gasteiger charge is 2.16. The second-order valence-corrected chi connectivity index (χ2v) is 5.21. The van der Waals surface area contributed by atoms with Crippen LogP contribution in [0.5, 0.6) is 0 Å². The van der Waals surface area contributed by atoms with Crippen LogP contribution < -0.4 is 5.73 Å². The molecule has 0 aliphatic carbocycles. The van der Waals surface area contributed by atoms with E-state index in [0.717, 1.165) is 28.5 Å². The first kappa shape index (κ1) is 13.8. The Hall–Kier alpha value is -2.17. The number of aromatic nitrogens is 3. The molecule has 3 rings (SSSR count). The molecule has 0 saturated carbocycles. The van der Waals surface area contributed by atoms with E-state index < -0.39 is 0 Å². The van der Waals surface area contributed by atoms with Crippen molar-refractivity contribution in [3.63, 3.8) is 0 Å². The van der Waals surface area contributed by atoms with E-state index >= 15 is 0 Å². The number of aryl methyl sites for hydroxylation is 1. The summed E-state index contributed by atoms with van der Waals surface area (Å²) < 4.78 is 1.97. The van der Waals surface area contributed by atoms with Gasteiger partial charge in [-0.15, -0.1) is 10.2 Å². The van der Waals surface area contributed by atoms with Crippen LogP contribution in [0.3, 0.4) is 0 Å². The third-order valence-electron chi connectivity index (χ3n) is 3.37. The molecule has 0 amide bonds. The first-order valence-electron chi connectivity index (χ1n) is 6.67. The summed E-state index contributed by atoms with van der Waals surface area (Å²) in [6.45, 7) is 2.35. The van der Waals surface area contributed by atoms with Gasteiger partial charge in [0.1, 0.15) is 0 Å². The minimum absolute atomic E-state index is 0.321. The minimum Gasteiger partial charge on any atom is -0.324 e. The predicted octanol–water partition coefficient (Wildman–Crippen LogP) is 3.35. The van der Waals surface area contributed by atoms with Crippen LogP contribution in [0.15, 0.2) is 48.5 Å². The Morgan fingerprint density at radius 3 is 2.57 bits per heavy atom. The summed E-state index contributed by atoms with van der Waals surface area (Å²) in [4.78, 5) is 0. The largest absolute Gasteiger partial charge is 0.324 e. The van der Waals surface area contributed by atoms with Gasteiger partial charge in [-0.2, -0.15) is 0 Å². The minimum atomic E-state index is 0.321. The van der Waals surface area contributed by atoms with Crippen molar-refractivity contribution in [2.24, 2.45) is 5.73 Å². The van der Waals surface area contributed by atoms with Crippen LogP contribution in [-0.2, 0) is 6.54 Å². The Balaban J connectivity index is 2.25. The maximum atomic E-state index is 6.12. The molecule has 1 aromatic heterocycles. The first-order valence-corrected chi connectivity index (χ1v) is 7.05.